The number of nitrogens with zero attached hydrogens (tertiary/aromatic N) is 2. The lowest BCUT2D eigenvalue weighted by Crippen LogP contribution is -2.56. The average Bonchev–Trinajstić information content (AvgIpc) is 2.75. The summed E-state index contributed by atoms with van der Waals surface area (Å²) in [5, 5.41) is 0.179. The fourth-order valence-corrected chi connectivity index (χ4v) is 4.04. The van der Waals surface area contributed by atoms with E-state index in [9.17, 15) is 9.59 Å². The van der Waals surface area contributed by atoms with Gasteiger partial charge in [0.15, 0.2) is 5.11 Å². The molecule has 1 aliphatic heterocycles. The summed E-state index contributed by atoms with van der Waals surface area (Å²) in [6.45, 7) is 2.36. The summed E-state index contributed by atoms with van der Waals surface area (Å²) in [7, 11) is 3.07. The molecule has 0 aromatic heterocycles. The van der Waals surface area contributed by atoms with Crippen LogP contribution in [0.3, 0.4) is 0 Å². The van der Waals surface area contributed by atoms with Crippen molar-refractivity contribution in [1.82, 2.24) is 4.90 Å². The molecule has 0 spiro atoms. The number of hydrogen-bond donors (Lipinski definition) is 0. The largest absolute Gasteiger partial charge is 0.496 e. The smallest absolute Gasteiger partial charge is 0.270 e. The normalized spacial score (nSPS) is 15.7. The zero-order chi connectivity index (χ0) is 21.8. The Bertz CT molecular complexity index is 1020. The molecule has 1 heterocycles. The quantitative estimate of drug-likeness (QED) is 0.342. The lowest BCUT2D eigenvalue weighted by atomic mass is 10.0. The third kappa shape index (κ3) is 4.11. The minimum Gasteiger partial charge on any atom is -0.496 e. The Morgan fingerprint density at radius 1 is 1.03 bits per heavy atom. The lowest BCUT2D eigenvalue weighted by molar-refractivity contribution is -0.127. The summed E-state index contributed by atoms with van der Waals surface area (Å²) in [5.74, 6) is 0.158. The highest BCUT2D eigenvalue weighted by atomic mass is 79.9. The van der Waals surface area contributed by atoms with Crippen LogP contribution in [0, 0.1) is 0 Å². The number of carbonyl (C=O) groups is 2. The van der Waals surface area contributed by atoms with Gasteiger partial charge in [-0.2, -0.15) is 0 Å². The van der Waals surface area contributed by atoms with Crippen LogP contribution in [0.1, 0.15) is 18.9 Å². The first-order valence-electron chi connectivity index (χ1n) is 9.31. The van der Waals surface area contributed by atoms with Gasteiger partial charge in [-0.1, -0.05) is 25.1 Å². The molecule has 0 N–H and O–H groups in total. The van der Waals surface area contributed by atoms with E-state index in [4.69, 9.17) is 21.7 Å². The van der Waals surface area contributed by atoms with E-state index in [2.05, 4.69) is 15.9 Å². The van der Waals surface area contributed by atoms with Gasteiger partial charge in [-0.05, 0) is 58.8 Å². The van der Waals surface area contributed by atoms with Gasteiger partial charge in [-0.15, -0.1) is 0 Å². The Morgan fingerprint density at radius 2 is 1.70 bits per heavy atom. The summed E-state index contributed by atoms with van der Waals surface area (Å²) < 4.78 is 11.4. The number of rotatable bonds is 6. The van der Waals surface area contributed by atoms with Gasteiger partial charge in [0, 0.05) is 18.2 Å². The maximum absolute atomic E-state index is 13.4. The zero-order valence-corrected chi connectivity index (χ0v) is 19.2. The molecule has 2 aromatic rings. The van der Waals surface area contributed by atoms with Gasteiger partial charge in [0.25, 0.3) is 11.8 Å². The molecule has 156 valence electrons. The van der Waals surface area contributed by atoms with Crippen molar-refractivity contribution < 1.29 is 19.1 Å². The summed E-state index contributed by atoms with van der Waals surface area (Å²) in [6.07, 6.45) is 2.24. The second-order valence-electron chi connectivity index (χ2n) is 6.50. The van der Waals surface area contributed by atoms with Gasteiger partial charge in [0.1, 0.15) is 17.1 Å². The van der Waals surface area contributed by atoms with Gasteiger partial charge < -0.3 is 9.47 Å². The van der Waals surface area contributed by atoms with Crippen molar-refractivity contribution in [3.8, 4) is 11.5 Å². The van der Waals surface area contributed by atoms with E-state index in [1.165, 1.54) is 23.0 Å². The fourth-order valence-electron chi connectivity index (χ4n) is 3.15. The Kier molecular flexibility index (Phi) is 6.89. The van der Waals surface area contributed by atoms with Crippen molar-refractivity contribution in [2.75, 3.05) is 25.7 Å². The molecule has 8 heteroatoms. The number of amides is 2. The molecule has 0 aliphatic carbocycles. The molecule has 0 atom stereocenters. The number of thiocarbonyl (C=S) groups is 1. The number of hydrogen-bond acceptors (Lipinski definition) is 5. The molecule has 2 amide bonds. The number of anilines is 1. The van der Waals surface area contributed by atoms with Crippen LogP contribution in [0.4, 0.5) is 5.69 Å². The van der Waals surface area contributed by atoms with Gasteiger partial charge in [-0.25, -0.2) is 0 Å². The molecule has 1 fully saturated rings. The average molecular weight is 489 g/mol. The van der Waals surface area contributed by atoms with E-state index in [-0.39, 0.29) is 10.7 Å². The van der Waals surface area contributed by atoms with E-state index in [0.717, 1.165) is 0 Å². The molecular weight excluding hydrogens is 468 g/mol. The summed E-state index contributed by atoms with van der Waals surface area (Å²) in [6, 6.07) is 12.5. The highest BCUT2D eigenvalue weighted by molar-refractivity contribution is 9.10. The molecule has 0 bridgehead atoms. The second-order valence-corrected chi connectivity index (χ2v) is 7.72. The maximum atomic E-state index is 13.4. The Morgan fingerprint density at radius 3 is 2.30 bits per heavy atom. The molecule has 0 radical (unpaired) electrons. The van der Waals surface area contributed by atoms with Crippen LogP contribution in [-0.4, -0.2) is 42.6 Å². The van der Waals surface area contributed by atoms with E-state index in [1.54, 1.807) is 31.4 Å². The van der Waals surface area contributed by atoms with Crippen LogP contribution in [0.15, 0.2) is 52.5 Å². The van der Waals surface area contributed by atoms with Crippen LogP contribution in [0.2, 0.25) is 0 Å². The molecule has 6 nitrogen and oxygen atoms in total. The van der Waals surface area contributed by atoms with E-state index >= 15 is 0 Å². The fraction of sp³-hybridized carbons (Fsp3) is 0.227. The summed E-state index contributed by atoms with van der Waals surface area (Å²) in [5.41, 5.74) is 1.19. The Labute approximate surface area is 189 Å². The van der Waals surface area contributed by atoms with Crippen molar-refractivity contribution in [3.05, 3.63) is 58.1 Å². The zero-order valence-electron chi connectivity index (χ0n) is 16.8. The summed E-state index contributed by atoms with van der Waals surface area (Å²) in [4.78, 5) is 29.4. The third-order valence-electron chi connectivity index (χ3n) is 4.60. The monoisotopic (exact) mass is 488 g/mol. The van der Waals surface area contributed by atoms with Crippen molar-refractivity contribution in [2.45, 2.75) is 13.3 Å². The molecular formula is C22H21BrN2O4S. The first-order chi connectivity index (χ1) is 14.4. The topological polar surface area (TPSA) is 59.1 Å². The number of para-hydroxylation sites is 1. The van der Waals surface area contributed by atoms with Gasteiger partial charge >= 0.3 is 0 Å². The number of ether oxygens (including phenoxy) is 2. The van der Waals surface area contributed by atoms with Crippen LogP contribution in [0.5, 0.6) is 11.5 Å². The van der Waals surface area contributed by atoms with Crippen LogP contribution >= 0.6 is 28.1 Å². The molecule has 1 saturated heterocycles. The second kappa shape index (κ2) is 9.40. The number of benzene rings is 2. The minimum atomic E-state index is -0.474. The number of halogens is 1. The van der Waals surface area contributed by atoms with Gasteiger partial charge in [0.05, 0.1) is 24.4 Å². The lowest BCUT2D eigenvalue weighted by Gasteiger charge is -2.36. The first kappa shape index (κ1) is 22.0. The standard InChI is InChI=1S/C22H21BrN2O4S/c1-4-10-24-20(26)16(11-14-12-17(23)19(29-3)13-18(14)28-2)21(27)25(22(24)30)15-8-6-5-7-9-15/h5-9,11-13H,4,10H2,1-3H3/b16-11+. The van der Waals surface area contributed by atoms with Gasteiger partial charge in [-0.3, -0.25) is 19.4 Å². The van der Waals surface area contributed by atoms with Crippen molar-refractivity contribution in [2.24, 2.45) is 0 Å². The predicted octanol–water partition coefficient (Wildman–Crippen LogP) is 4.42. The van der Waals surface area contributed by atoms with E-state index < -0.39 is 11.8 Å². The Hall–Kier alpha value is -2.71. The molecule has 3 rings (SSSR count). The third-order valence-corrected chi connectivity index (χ3v) is 5.62. The van der Waals surface area contributed by atoms with E-state index in [1.807, 2.05) is 25.1 Å². The van der Waals surface area contributed by atoms with E-state index in [0.29, 0.717) is 40.2 Å². The van der Waals surface area contributed by atoms with Gasteiger partial charge in [0.2, 0.25) is 0 Å². The maximum Gasteiger partial charge on any atom is 0.270 e. The Balaban J connectivity index is 2.15. The highest BCUT2D eigenvalue weighted by Crippen LogP contribution is 2.35. The molecule has 1 aliphatic rings. The molecule has 0 unspecified atom stereocenters. The van der Waals surface area contributed by atoms with Crippen molar-refractivity contribution in [1.29, 1.82) is 0 Å². The summed E-state index contributed by atoms with van der Waals surface area (Å²) >= 11 is 8.94. The number of methoxy groups -OCH3 is 2. The van der Waals surface area contributed by atoms with Crippen LogP contribution in [0.25, 0.3) is 6.08 Å². The minimum absolute atomic E-state index is 0.0104. The van der Waals surface area contributed by atoms with Crippen LogP contribution < -0.4 is 14.4 Å². The SMILES string of the molecule is CCCN1C(=O)/C(=C\c2cc(Br)c(OC)cc2OC)C(=O)N(c2ccccc2)C1=S. The predicted molar refractivity (Wildman–Crippen MR) is 124 cm³/mol. The van der Waals surface area contributed by atoms with Crippen molar-refractivity contribution >= 4 is 56.8 Å². The highest BCUT2D eigenvalue weighted by Gasteiger charge is 2.40. The van der Waals surface area contributed by atoms with Crippen molar-refractivity contribution in [3.63, 3.8) is 0 Å². The van der Waals surface area contributed by atoms with Crippen LogP contribution in [-0.2, 0) is 9.59 Å². The molecule has 0 saturated carbocycles. The molecule has 30 heavy (non-hydrogen) atoms. The number of carbonyl (C=O) groups excluding carboxylic acids is 2. The first-order valence-corrected chi connectivity index (χ1v) is 10.5. The molecule has 2 aromatic carbocycles.